The number of aliphatic hydroxyl groups excluding tert-OH is 1. The Balaban J connectivity index is 2.17. The van der Waals surface area contributed by atoms with Gasteiger partial charge in [-0.25, -0.2) is 4.39 Å². The number of hydrogen-bond donors (Lipinski definition) is 1. The highest BCUT2D eigenvalue weighted by atomic mass is 19.1. The molecule has 3 nitrogen and oxygen atoms in total. The van der Waals surface area contributed by atoms with Crippen LogP contribution in [0, 0.1) is 11.2 Å². The van der Waals surface area contributed by atoms with Crippen LogP contribution in [-0.2, 0) is 0 Å². The highest BCUT2D eigenvalue weighted by molar-refractivity contribution is 5.58. The molecule has 4 heteroatoms. The number of benzene rings is 1. The van der Waals surface area contributed by atoms with E-state index in [-0.39, 0.29) is 17.8 Å². The Morgan fingerprint density at radius 2 is 2.17 bits per heavy atom. The van der Waals surface area contributed by atoms with Gasteiger partial charge in [0, 0.05) is 25.1 Å². The first-order chi connectivity index (χ1) is 8.60. The molecule has 1 aliphatic rings. The summed E-state index contributed by atoms with van der Waals surface area (Å²) >= 11 is 0. The van der Waals surface area contributed by atoms with E-state index in [2.05, 4.69) is 0 Å². The Morgan fingerprint density at radius 1 is 1.44 bits per heavy atom. The minimum absolute atomic E-state index is 0.0217. The molecule has 0 unspecified atom stereocenters. The van der Waals surface area contributed by atoms with Gasteiger partial charge in [-0.05, 0) is 25.0 Å². The number of aliphatic hydroxyl groups is 1. The lowest BCUT2D eigenvalue weighted by molar-refractivity contribution is 0.0523. The third kappa shape index (κ3) is 2.43. The fraction of sp³-hybridized carbons (Fsp3) is 0.571. The molecule has 100 valence electrons. The summed E-state index contributed by atoms with van der Waals surface area (Å²) in [6.07, 6.45) is 3.23. The lowest BCUT2D eigenvalue weighted by Gasteiger charge is -2.43. The highest BCUT2D eigenvalue weighted by Gasteiger charge is 2.37. The first-order valence-corrected chi connectivity index (χ1v) is 6.26. The van der Waals surface area contributed by atoms with Gasteiger partial charge in [0.05, 0.1) is 19.4 Å². The van der Waals surface area contributed by atoms with Crippen molar-refractivity contribution in [2.75, 3.05) is 32.2 Å². The molecule has 0 saturated heterocycles. The Hall–Kier alpha value is -1.29. The number of methoxy groups -OCH3 is 1. The van der Waals surface area contributed by atoms with Crippen molar-refractivity contribution in [3.63, 3.8) is 0 Å². The van der Waals surface area contributed by atoms with Crippen molar-refractivity contribution >= 4 is 5.69 Å². The van der Waals surface area contributed by atoms with E-state index in [1.807, 2.05) is 11.9 Å². The van der Waals surface area contributed by atoms with Crippen molar-refractivity contribution in [3.8, 4) is 5.75 Å². The van der Waals surface area contributed by atoms with E-state index in [9.17, 15) is 9.50 Å². The molecule has 1 aliphatic carbocycles. The molecule has 1 saturated carbocycles. The minimum Gasteiger partial charge on any atom is -0.495 e. The normalized spacial score (nSPS) is 17.1. The zero-order valence-corrected chi connectivity index (χ0v) is 10.9. The molecule has 0 aliphatic heterocycles. The zero-order valence-electron chi connectivity index (χ0n) is 10.9. The molecule has 0 bridgehead atoms. The molecule has 0 spiro atoms. The summed E-state index contributed by atoms with van der Waals surface area (Å²) in [6.45, 7) is 0.915. The zero-order chi connectivity index (χ0) is 13.2. The Bertz CT molecular complexity index is 413. The summed E-state index contributed by atoms with van der Waals surface area (Å²) in [6, 6.07) is 4.50. The van der Waals surface area contributed by atoms with Crippen LogP contribution in [0.1, 0.15) is 19.3 Å². The van der Waals surface area contributed by atoms with Crippen molar-refractivity contribution in [2.45, 2.75) is 19.3 Å². The molecule has 0 amide bonds. The van der Waals surface area contributed by atoms with E-state index < -0.39 is 0 Å². The Labute approximate surface area is 107 Å². The van der Waals surface area contributed by atoms with Gasteiger partial charge in [-0.3, -0.25) is 0 Å². The Kier molecular flexibility index (Phi) is 3.76. The first kappa shape index (κ1) is 13.1. The first-order valence-electron chi connectivity index (χ1n) is 6.26. The van der Waals surface area contributed by atoms with Gasteiger partial charge >= 0.3 is 0 Å². The predicted molar refractivity (Wildman–Crippen MR) is 69.6 cm³/mol. The average Bonchev–Trinajstić information content (AvgIpc) is 2.33. The van der Waals surface area contributed by atoms with Gasteiger partial charge in [-0.1, -0.05) is 6.42 Å². The van der Waals surface area contributed by atoms with Crippen LogP contribution in [0.5, 0.6) is 5.75 Å². The number of ether oxygens (including phenoxy) is 1. The molecule has 1 aromatic rings. The molecule has 0 aromatic heterocycles. The van der Waals surface area contributed by atoms with Crippen LogP contribution in [0.15, 0.2) is 18.2 Å². The second-order valence-electron chi connectivity index (χ2n) is 5.18. The fourth-order valence-electron chi connectivity index (χ4n) is 2.59. The maximum absolute atomic E-state index is 13.3. The van der Waals surface area contributed by atoms with E-state index in [0.717, 1.165) is 31.5 Å². The van der Waals surface area contributed by atoms with Gasteiger partial charge in [0.15, 0.2) is 0 Å². The summed E-state index contributed by atoms with van der Waals surface area (Å²) < 4.78 is 18.6. The van der Waals surface area contributed by atoms with Crippen molar-refractivity contribution in [3.05, 3.63) is 24.0 Å². The van der Waals surface area contributed by atoms with E-state index in [1.54, 1.807) is 13.2 Å². The topological polar surface area (TPSA) is 32.7 Å². The van der Waals surface area contributed by atoms with Gasteiger partial charge in [-0.2, -0.15) is 0 Å². The number of halogens is 1. The van der Waals surface area contributed by atoms with E-state index >= 15 is 0 Å². The van der Waals surface area contributed by atoms with Gasteiger partial charge < -0.3 is 14.7 Å². The summed E-state index contributed by atoms with van der Waals surface area (Å²) in [7, 11) is 3.49. The standard InChI is InChI=1S/C14H20FNO2/c1-16(9-14(10-17)6-3-7-14)12-8-11(15)4-5-13(12)18-2/h4-5,8,17H,3,6-7,9-10H2,1-2H3. The molecule has 18 heavy (non-hydrogen) atoms. The third-order valence-corrected chi connectivity index (χ3v) is 3.87. The second-order valence-corrected chi connectivity index (χ2v) is 5.18. The summed E-state index contributed by atoms with van der Waals surface area (Å²) in [5.74, 6) is 0.385. The Morgan fingerprint density at radius 3 is 2.67 bits per heavy atom. The van der Waals surface area contributed by atoms with Crippen LogP contribution >= 0.6 is 0 Å². The third-order valence-electron chi connectivity index (χ3n) is 3.87. The molecular weight excluding hydrogens is 233 g/mol. The van der Waals surface area contributed by atoms with Crippen LogP contribution in [-0.4, -0.2) is 32.4 Å². The van der Waals surface area contributed by atoms with Crippen LogP contribution in [0.25, 0.3) is 0 Å². The molecule has 0 heterocycles. The lowest BCUT2D eigenvalue weighted by atomic mass is 9.69. The lowest BCUT2D eigenvalue weighted by Crippen LogP contribution is -2.43. The molecule has 1 N–H and O–H groups in total. The summed E-state index contributed by atoms with van der Waals surface area (Å²) in [4.78, 5) is 1.97. The number of nitrogens with zero attached hydrogens (tertiary/aromatic N) is 1. The highest BCUT2D eigenvalue weighted by Crippen LogP contribution is 2.42. The second kappa shape index (κ2) is 5.14. The summed E-state index contributed by atoms with van der Waals surface area (Å²) in [5, 5.41) is 9.48. The van der Waals surface area contributed by atoms with Crippen LogP contribution in [0.4, 0.5) is 10.1 Å². The molecule has 1 fully saturated rings. The van der Waals surface area contributed by atoms with Crippen molar-refractivity contribution in [1.29, 1.82) is 0 Å². The number of hydrogen-bond acceptors (Lipinski definition) is 3. The van der Waals surface area contributed by atoms with E-state index in [0.29, 0.717) is 5.75 Å². The van der Waals surface area contributed by atoms with Gasteiger partial charge in [-0.15, -0.1) is 0 Å². The molecule has 0 radical (unpaired) electrons. The van der Waals surface area contributed by atoms with Crippen LogP contribution < -0.4 is 9.64 Å². The minimum atomic E-state index is -0.274. The maximum Gasteiger partial charge on any atom is 0.142 e. The smallest absolute Gasteiger partial charge is 0.142 e. The largest absolute Gasteiger partial charge is 0.495 e. The SMILES string of the molecule is COc1ccc(F)cc1N(C)CC1(CO)CCC1. The molecule has 0 atom stereocenters. The molecular formula is C14H20FNO2. The quantitative estimate of drug-likeness (QED) is 0.874. The maximum atomic E-state index is 13.3. The van der Waals surface area contributed by atoms with Crippen molar-refractivity contribution in [1.82, 2.24) is 0 Å². The van der Waals surface area contributed by atoms with E-state index in [4.69, 9.17) is 4.74 Å². The van der Waals surface area contributed by atoms with E-state index in [1.165, 1.54) is 12.1 Å². The number of anilines is 1. The van der Waals surface area contributed by atoms with Crippen LogP contribution in [0.3, 0.4) is 0 Å². The predicted octanol–water partition coefficient (Wildman–Crippen LogP) is 2.43. The summed E-state index contributed by atoms with van der Waals surface area (Å²) in [5.41, 5.74) is 0.712. The van der Waals surface area contributed by atoms with Crippen molar-refractivity contribution < 1.29 is 14.2 Å². The fourth-order valence-corrected chi connectivity index (χ4v) is 2.59. The van der Waals surface area contributed by atoms with Gasteiger partial charge in [0.25, 0.3) is 0 Å². The molecule has 1 aromatic carbocycles. The average molecular weight is 253 g/mol. The van der Waals surface area contributed by atoms with Gasteiger partial charge in [0.2, 0.25) is 0 Å². The van der Waals surface area contributed by atoms with Crippen molar-refractivity contribution in [2.24, 2.45) is 5.41 Å². The van der Waals surface area contributed by atoms with Gasteiger partial charge in [0.1, 0.15) is 11.6 Å². The molecule has 2 rings (SSSR count). The number of rotatable bonds is 5. The monoisotopic (exact) mass is 253 g/mol. The van der Waals surface area contributed by atoms with Crippen LogP contribution in [0.2, 0.25) is 0 Å².